The zero-order valence-corrected chi connectivity index (χ0v) is 9.09. The summed E-state index contributed by atoms with van der Waals surface area (Å²) in [5, 5.41) is 9.54. The normalized spacial score (nSPS) is 10.5. The Bertz CT molecular complexity index is 540. The van der Waals surface area contributed by atoms with Gasteiger partial charge in [-0.25, -0.2) is 9.78 Å². The van der Waals surface area contributed by atoms with Gasteiger partial charge in [0.05, 0.1) is 12.1 Å². The lowest BCUT2D eigenvalue weighted by molar-refractivity contribution is 0.0702. The Balaban J connectivity index is 2.70. The summed E-state index contributed by atoms with van der Waals surface area (Å²) in [4.78, 5) is 19.2. The van der Waals surface area contributed by atoms with Gasteiger partial charge in [-0.05, 0) is 0 Å². The number of methoxy groups -OCH3 is 1. The van der Waals surface area contributed by atoms with Crippen molar-refractivity contribution in [2.24, 2.45) is 0 Å². The third-order valence-corrected chi connectivity index (χ3v) is 3.34. The van der Waals surface area contributed by atoms with Crippen LogP contribution in [0.2, 0.25) is 5.02 Å². The molecular formula is C8H5ClN2O3S. The Morgan fingerprint density at radius 3 is 3.00 bits per heavy atom. The number of ether oxygens (including phenoxy) is 1. The van der Waals surface area contributed by atoms with Gasteiger partial charge >= 0.3 is 12.0 Å². The third kappa shape index (κ3) is 1.62. The van der Waals surface area contributed by atoms with E-state index in [2.05, 4.69) is 9.97 Å². The summed E-state index contributed by atoms with van der Waals surface area (Å²) >= 11 is 6.86. The molecule has 2 heterocycles. The van der Waals surface area contributed by atoms with Crippen molar-refractivity contribution in [3.63, 3.8) is 0 Å². The molecule has 7 heteroatoms. The molecule has 5 nitrogen and oxygen atoms in total. The van der Waals surface area contributed by atoms with E-state index in [-0.39, 0.29) is 15.9 Å². The standard InChI is InChI=1S/C8H5ClN2O3S/c1-14-8-10-2-3-4(9)5(7(12)13)15-6(3)11-8/h2H,1H3,(H,12,13). The van der Waals surface area contributed by atoms with Crippen molar-refractivity contribution in [2.45, 2.75) is 0 Å². The van der Waals surface area contributed by atoms with E-state index in [0.717, 1.165) is 11.3 Å². The molecule has 0 bridgehead atoms. The fourth-order valence-electron chi connectivity index (χ4n) is 1.08. The molecule has 0 unspecified atom stereocenters. The van der Waals surface area contributed by atoms with Crippen molar-refractivity contribution < 1.29 is 14.6 Å². The van der Waals surface area contributed by atoms with Crippen molar-refractivity contribution in [1.29, 1.82) is 0 Å². The maximum atomic E-state index is 10.8. The summed E-state index contributed by atoms with van der Waals surface area (Å²) < 4.78 is 4.83. The number of carboxylic acids is 1. The second-order valence-electron chi connectivity index (χ2n) is 2.63. The minimum absolute atomic E-state index is 0.0641. The average Bonchev–Trinajstić information content (AvgIpc) is 2.55. The molecule has 0 aliphatic carbocycles. The van der Waals surface area contributed by atoms with Crippen LogP contribution in [0.5, 0.6) is 6.01 Å². The molecule has 0 aliphatic rings. The number of thiophene rings is 1. The first-order valence-corrected chi connectivity index (χ1v) is 5.05. The summed E-state index contributed by atoms with van der Waals surface area (Å²) in [6.07, 6.45) is 1.45. The summed E-state index contributed by atoms with van der Waals surface area (Å²) in [5.74, 6) is -1.07. The van der Waals surface area contributed by atoms with Crippen LogP contribution in [0.3, 0.4) is 0 Å². The number of aromatic nitrogens is 2. The van der Waals surface area contributed by atoms with E-state index in [0.29, 0.717) is 10.2 Å². The Labute approximate surface area is 93.3 Å². The minimum atomic E-state index is -1.07. The molecule has 2 aromatic rings. The molecule has 0 saturated heterocycles. The monoisotopic (exact) mass is 244 g/mol. The number of hydrogen-bond acceptors (Lipinski definition) is 5. The quantitative estimate of drug-likeness (QED) is 0.875. The van der Waals surface area contributed by atoms with Crippen LogP contribution in [-0.2, 0) is 0 Å². The van der Waals surface area contributed by atoms with E-state index in [1.807, 2.05) is 0 Å². The van der Waals surface area contributed by atoms with Gasteiger partial charge in [0.25, 0.3) is 0 Å². The van der Waals surface area contributed by atoms with Crippen LogP contribution in [0.25, 0.3) is 10.2 Å². The average molecular weight is 245 g/mol. The van der Waals surface area contributed by atoms with E-state index in [1.54, 1.807) is 0 Å². The van der Waals surface area contributed by atoms with Crippen LogP contribution in [-0.4, -0.2) is 28.2 Å². The maximum absolute atomic E-state index is 10.8. The summed E-state index contributed by atoms with van der Waals surface area (Å²) in [7, 11) is 1.44. The van der Waals surface area contributed by atoms with Gasteiger partial charge < -0.3 is 9.84 Å². The molecule has 0 saturated carbocycles. The molecule has 0 atom stereocenters. The first-order chi connectivity index (χ1) is 7.13. The van der Waals surface area contributed by atoms with Gasteiger partial charge in [0, 0.05) is 11.6 Å². The fourth-order valence-corrected chi connectivity index (χ4v) is 2.34. The first-order valence-electron chi connectivity index (χ1n) is 3.86. The lowest BCUT2D eigenvalue weighted by atomic mass is 10.3. The predicted octanol–water partition coefficient (Wildman–Crippen LogP) is 2.05. The number of fused-ring (bicyclic) bond motifs is 1. The molecule has 1 N–H and O–H groups in total. The van der Waals surface area contributed by atoms with Gasteiger partial charge in [0.1, 0.15) is 9.71 Å². The molecule has 0 radical (unpaired) electrons. The number of nitrogens with zero attached hydrogens (tertiary/aromatic N) is 2. The SMILES string of the molecule is COc1ncc2c(Cl)c(C(=O)O)sc2n1. The Morgan fingerprint density at radius 2 is 2.40 bits per heavy atom. The predicted molar refractivity (Wildman–Crippen MR) is 55.9 cm³/mol. The topological polar surface area (TPSA) is 72.3 Å². The van der Waals surface area contributed by atoms with Crippen molar-refractivity contribution in [3.05, 3.63) is 16.1 Å². The van der Waals surface area contributed by atoms with Crippen molar-refractivity contribution in [3.8, 4) is 6.01 Å². The summed E-state index contributed by atoms with van der Waals surface area (Å²) in [6.45, 7) is 0. The Morgan fingerprint density at radius 1 is 1.67 bits per heavy atom. The van der Waals surface area contributed by atoms with E-state index in [1.165, 1.54) is 13.3 Å². The smallest absolute Gasteiger partial charge is 0.347 e. The summed E-state index contributed by atoms with van der Waals surface area (Å²) in [5.41, 5.74) is 0. The molecule has 15 heavy (non-hydrogen) atoms. The number of aromatic carboxylic acids is 1. The lowest BCUT2D eigenvalue weighted by Gasteiger charge is -1.95. The summed E-state index contributed by atoms with van der Waals surface area (Å²) in [6, 6.07) is 0.192. The van der Waals surface area contributed by atoms with Crippen LogP contribution in [0.15, 0.2) is 6.20 Å². The molecule has 0 aromatic carbocycles. The highest BCUT2D eigenvalue weighted by atomic mass is 35.5. The van der Waals surface area contributed by atoms with Gasteiger partial charge in [-0.1, -0.05) is 11.6 Å². The van der Waals surface area contributed by atoms with E-state index >= 15 is 0 Å². The molecule has 0 amide bonds. The second-order valence-corrected chi connectivity index (χ2v) is 4.00. The number of hydrogen-bond donors (Lipinski definition) is 1. The lowest BCUT2D eigenvalue weighted by Crippen LogP contribution is -1.91. The zero-order chi connectivity index (χ0) is 11.0. The minimum Gasteiger partial charge on any atom is -0.477 e. The molecule has 2 rings (SSSR count). The Kier molecular flexibility index (Phi) is 2.45. The highest BCUT2D eigenvalue weighted by Gasteiger charge is 2.17. The molecule has 78 valence electrons. The number of rotatable bonds is 2. The van der Waals surface area contributed by atoms with Crippen LogP contribution < -0.4 is 4.74 Å². The van der Waals surface area contributed by atoms with Crippen molar-refractivity contribution >= 4 is 39.1 Å². The second kappa shape index (κ2) is 3.63. The number of halogens is 1. The van der Waals surface area contributed by atoms with Gasteiger partial charge in [0.2, 0.25) is 0 Å². The Hall–Kier alpha value is -1.40. The molecule has 0 spiro atoms. The van der Waals surface area contributed by atoms with Gasteiger partial charge in [-0.3, -0.25) is 0 Å². The van der Waals surface area contributed by atoms with Gasteiger partial charge in [0.15, 0.2) is 0 Å². The van der Waals surface area contributed by atoms with Crippen LogP contribution in [0.4, 0.5) is 0 Å². The van der Waals surface area contributed by atoms with Crippen LogP contribution in [0.1, 0.15) is 9.67 Å². The van der Waals surface area contributed by atoms with Crippen LogP contribution in [0, 0.1) is 0 Å². The maximum Gasteiger partial charge on any atom is 0.347 e. The molecule has 2 aromatic heterocycles. The highest BCUT2D eigenvalue weighted by molar-refractivity contribution is 7.21. The van der Waals surface area contributed by atoms with Crippen molar-refractivity contribution in [1.82, 2.24) is 9.97 Å². The molecule has 0 fully saturated rings. The number of carbonyl (C=O) groups is 1. The fraction of sp³-hybridized carbons (Fsp3) is 0.125. The molecule has 0 aliphatic heterocycles. The van der Waals surface area contributed by atoms with E-state index in [9.17, 15) is 4.79 Å². The van der Waals surface area contributed by atoms with Gasteiger partial charge in [-0.15, -0.1) is 11.3 Å². The van der Waals surface area contributed by atoms with Gasteiger partial charge in [-0.2, -0.15) is 4.98 Å². The third-order valence-electron chi connectivity index (χ3n) is 1.74. The largest absolute Gasteiger partial charge is 0.477 e. The highest BCUT2D eigenvalue weighted by Crippen LogP contribution is 2.34. The molecular weight excluding hydrogens is 240 g/mol. The van der Waals surface area contributed by atoms with E-state index in [4.69, 9.17) is 21.4 Å². The first kappa shape index (κ1) is 10.1. The van der Waals surface area contributed by atoms with Crippen LogP contribution >= 0.6 is 22.9 Å². The zero-order valence-electron chi connectivity index (χ0n) is 7.52. The number of carboxylic acid groups (broad SMARTS) is 1. The van der Waals surface area contributed by atoms with E-state index < -0.39 is 5.97 Å². The van der Waals surface area contributed by atoms with Crippen molar-refractivity contribution in [2.75, 3.05) is 7.11 Å².